The number of nitrogens with one attached hydrogen (secondary N) is 2. The maximum Gasteiger partial charge on any atom is 0.303 e. The predicted molar refractivity (Wildman–Crippen MR) is 131 cm³/mol. The van der Waals surface area contributed by atoms with Gasteiger partial charge < -0.3 is 25.2 Å². The van der Waals surface area contributed by atoms with Gasteiger partial charge in [0.1, 0.15) is 5.75 Å². The molecule has 9 nitrogen and oxygen atoms in total. The van der Waals surface area contributed by atoms with Crippen molar-refractivity contribution in [3.8, 4) is 11.8 Å². The molecule has 1 heterocycles. The number of carboxylic acid groups (broad SMARTS) is 1. The van der Waals surface area contributed by atoms with Crippen LogP contribution in [0.5, 0.6) is 5.75 Å². The summed E-state index contributed by atoms with van der Waals surface area (Å²) in [6.07, 6.45) is 0.905. The Bertz CT molecular complexity index is 1240. The highest BCUT2D eigenvalue weighted by molar-refractivity contribution is 5.98. The topological polar surface area (TPSA) is 138 Å². The van der Waals surface area contributed by atoms with Crippen LogP contribution in [0.25, 0.3) is 0 Å². The van der Waals surface area contributed by atoms with Crippen molar-refractivity contribution in [2.24, 2.45) is 11.8 Å². The van der Waals surface area contributed by atoms with Gasteiger partial charge in [-0.05, 0) is 54.7 Å². The van der Waals surface area contributed by atoms with Crippen LogP contribution in [0, 0.1) is 23.2 Å². The maximum absolute atomic E-state index is 13.4. The summed E-state index contributed by atoms with van der Waals surface area (Å²) in [5.41, 5.74) is 2.52. The molecule has 2 aliphatic rings. The lowest BCUT2D eigenvalue weighted by atomic mass is 9.92. The number of amides is 2. The van der Waals surface area contributed by atoms with Gasteiger partial charge in [-0.3, -0.25) is 14.4 Å². The van der Waals surface area contributed by atoms with Crippen molar-refractivity contribution < 1.29 is 29.0 Å². The summed E-state index contributed by atoms with van der Waals surface area (Å²) in [7, 11) is 1.57. The number of carbonyl (C=O) groups excluding carboxylic acids is 2. The first-order valence-corrected chi connectivity index (χ1v) is 11.9. The third kappa shape index (κ3) is 4.77. The van der Waals surface area contributed by atoms with E-state index in [1.54, 1.807) is 37.4 Å². The van der Waals surface area contributed by atoms with Gasteiger partial charge in [0.05, 0.1) is 30.8 Å². The van der Waals surface area contributed by atoms with Crippen molar-refractivity contribution in [1.82, 2.24) is 5.32 Å². The number of aryl methyl sites for hydroxylation is 1. The molecule has 3 atom stereocenters. The SMILES string of the molecule is COCCNC(=O)c1ccc2c(c1)[C@]1(CO2)C(C)C1C(=O)Nc1cc(C#N)ccc1CCCC(=O)O. The molecule has 1 fully saturated rings. The first kappa shape index (κ1) is 25.2. The number of nitriles is 1. The minimum Gasteiger partial charge on any atom is -0.492 e. The number of aliphatic carboxylic acids is 1. The Morgan fingerprint density at radius 3 is 2.78 bits per heavy atom. The lowest BCUT2D eigenvalue weighted by Crippen LogP contribution is -2.27. The van der Waals surface area contributed by atoms with Gasteiger partial charge in [0.25, 0.3) is 5.91 Å². The predicted octanol–water partition coefficient (Wildman–Crippen LogP) is 2.88. The van der Waals surface area contributed by atoms with Gasteiger partial charge in [0.2, 0.25) is 5.91 Å². The Morgan fingerprint density at radius 1 is 1.25 bits per heavy atom. The van der Waals surface area contributed by atoms with Crippen LogP contribution >= 0.6 is 0 Å². The van der Waals surface area contributed by atoms with E-state index in [1.807, 2.05) is 13.0 Å². The van der Waals surface area contributed by atoms with Crippen molar-refractivity contribution in [1.29, 1.82) is 5.26 Å². The zero-order chi connectivity index (χ0) is 25.9. The molecule has 2 aromatic carbocycles. The summed E-state index contributed by atoms with van der Waals surface area (Å²) in [4.78, 5) is 36.9. The number of nitrogens with zero attached hydrogens (tertiary/aromatic N) is 1. The lowest BCUT2D eigenvalue weighted by Gasteiger charge is -2.14. The molecule has 3 N–H and O–H groups in total. The van der Waals surface area contributed by atoms with Crippen molar-refractivity contribution in [3.05, 3.63) is 58.7 Å². The minimum atomic E-state index is -0.880. The number of carbonyl (C=O) groups is 3. The van der Waals surface area contributed by atoms with E-state index in [1.165, 1.54) is 0 Å². The molecule has 1 aliphatic heterocycles. The fraction of sp³-hybridized carbons (Fsp3) is 0.407. The first-order valence-electron chi connectivity index (χ1n) is 11.9. The summed E-state index contributed by atoms with van der Waals surface area (Å²) in [6.45, 7) is 3.15. The van der Waals surface area contributed by atoms with Gasteiger partial charge in [0.15, 0.2) is 0 Å². The Hall–Kier alpha value is -3.90. The monoisotopic (exact) mass is 491 g/mol. The molecule has 0 aromatic heterocycles. The van der Waals surface area contributed by atoms with E-state index in [9.17, 15) is 19.6 Å². The Labute approximate surface area is 209 Å². The molecule has 4 rings (SSSR count). The van der Waals surface area contributed by atoms with E-state index in [2.05, 4.69) is 16.7 Å². The number of benzene rings is 2. The average molecular weight is 492 g/mol. The Balaban J connectivity index is 1.53. The molecule has 9 heteroatoms. The van der Waals surface area contributed by atoms with Crippen molar-refractivity contribution in [2.75, 3.05) is 32.2 Å². The third-order valence-corrected chi connectivity index (χ3v) is 7.18. The molecule has 0 bridgehead atoms. The number of ether oxygens (including phenoxy) is 2. The zero-order valence-electron chi connectivity index (χ0n) is 20.3. The quantitative estimate of drug-likeness (QED) is 0.435. The second-order valence-electron chi connectivity index (χ2n) is 9.28. The molecule has 188 valence electrons. The van der Waals surface area contributed by atoms with E-state index in [4.69, 9.17) is 14.6 Å². The smallest absolute Gasteiger partial charge is 0.303 e. The molecule has 0 saturated heterocycles. The van der Waals surface area contributed by atoms with Gasteiger partial charge in [0, 0.05) is 42.3 Å². The van der Waals surface area contributed by atoms with Crippen LogP contribution in [0.3, 0.4) is 0 Å². The van der Waals surface area contributed by atoms with Crippen molar-refractivity contribution in [3.63, 3.8) is 0 Å². The van der Waals surface area contributed by atoms with Crippen LogP contribution in [0.4, 0.5) is 5.69 Å². The second-order valence-corrected chi connectivity index (χ2v) is 9.28. The van der Waals surface area contributed by atoms with Crippen LogP contribution in [-0.2, 0) is 26.2 Å². The van der Waals surface area contributed by atoms with Crippen LogP contribution in [-0.4, -0.2) is 49.8 Å². The molecule has 2 aromatic rings. The summed E-state index contributed by atoms with van der Waals surface area (Å²) < 4.78 is 10.9. The number of hydrogen-bond acceptors (Lipinski definition) is 6. The molecular formula is C27H29N3O6. The zero-order valence-corrected chi connectivity index (χ0v) is 20.3. The minimum absolute atomic E-state index is 0.0137. The number of fused-ring (bicyclic) bond motifs is 2. The fourth-order valence-electron chi connectivity index (χ4n) is 5.15. The molecule has 2 amide bonds. The highest BCUT2D eigenvalue weighted by Gasteiger charge is 2.69. The fourth-order valence-corrected chi connectivity index (χ4v) is 5.15. The van der Waals surface area contributed by atoms with Gasteiger partial charge in [-0.25, -0.2) is 0 Å². The molecule has 36 heavy (non-hydrogen) atoms. The third-order valence-electron chi connectivity index (χ3n) is 7.18. The van der Waals surface area contributed by atoms with Crippen molar-refractivity contribution >= 4 is 23.5 Å². The average Bonchev–Trinajstić information content (AvgIpc) is 3.28. The molecule has 1 saturated carbocycles. The van der Waals surface area contributed by atoms with Gasteiger partial charge in [-0.15, -0.1) is 0 Å². The first-order chi connectivity index (χ1) is 17.3. The molecule has 2 unspecified atom stereocenters. The van der Waals surface area contributed by atoms with E-state index < -0.39 is 11.4 Å². The summed E-state index contributed by atoms with van der Waals surface area (Å²) in [5.74, 6) is -1.00. The maximum atomic E-state index is 13.4. The van der Waals surface area contributed by atoms with Crippen LogP contribution in [0.15, 0.2) is 36.4 Å². The summed E-state index contributed by atoms with van der Waals surface area (Å²) >= 11 is 0. The lowest BCUT2D eigenvalue weighted by molar-refractivity contribution is -0.137. The molecule has 0 radical (unpaired) electrons. The molecule has 1 aliphatic carbocycles. The van der Waals surface area contributed by atoms with Crippen LogP contribution in [0.1, 0.15) is 46.8 Å². The standard InChI is InChI=1S/C27H29N3O6/c1-16-24(26(34)30-21-12-17(14-28)6-7-18(21)4-3-5-23(31)32)27(16)15-36-22-9-8-19(13-20(22)27)25(33)29-10-11-35-2/h6-9,12-13,16,24H,3-5,10-11,15H2,1-2H3,(H,29,33)(H,30,34)(H,31,32)/t16?,24?,27-/m0/s1. The van der Waals surface area contributed by atoms with Crippen LogP contribution in [0.2, 0.25) is 0 Å². The number of hydrogen-bond donors (Lipinski definition) is 3. The highest BCUT2D eigenvalue weighted by atomic mass is 16.5. The summed E-state index contributed by atoms with van der Waals surface area (Å²) in [6, 6.07) is 12.4. The van der Waals surface area contributed by atoms with Crippen molar-refractivity contribution in [2.45, 2.75) is 31.6 Å². The number of methoxy groups -OCH3 is 1. The van der Waals surface area contributed by atoms with E-state index in [0.29, 0.717) is 55.2 Å². The van der Waals surface area contributed by atoms with Gasteiger partial charge in [-0.2, -0.15) is 5.26 Å². The van der Waals surface area contributed by atoms with E-state index in [-0.39, 0.29) is 30.1 Å². The molecule has 1 spiro atoms. The van der Waals surface area contributed by atoms with E-state index >= 15 is 0 Å². The van der Waals surface area contributed by atoms with Gasteiger partial charge >= 0.3 is 5.97 Å². The molecular weight excluding hydrogens is 462 g/mol. The number of carboxylic acids is 1. The number of anilines is 1. The van der Waals surface area contributed by atoms with E-state index in [0.717, 1.165) is 11.1 Å². The van der Waals surface area contributed by atoms with Crippen LogP contribution < -0.4 is 15.4 Å². The second kappa shape index (κ2) is 10.4. The number of rotatable bonds is 10. The summed E-state index contributed by atoms with van der Waals surface area (Å²) in [5, 5.41) is 24.1. The van der Waals surface area contributed by atoms with Gasteiger partial charge in [-0.1, -0.05) is 13.0 Å². The normalized spacial score (nSPS) is 21.2. The Morgan fingerprint density at radius 2 is 2.06 bits per heavy atom. The highest BCUT2D eigenvalue weighted by Crippen LogP contribution is 2.64. The largest absolute Gasteiger partial charge is 0.492 e. The Kier molecular flexibility index (Phi) is 7.27.